The van der Waals surface area contributed by atoms with Gasteiger partial charge in [0, 0.05) is 6.92 Å². The molecular weight excluding hydrogens is 214 g/mol. The van der Waals surface area contributed by atoms with Crippen molar-refractivity contribution in [1.82, 2.24) is 4.98 Å². The van der Waals surface area contributed by atoms with Gasteiger partial charge in [0.2, 0.25) is 0 Å². The Hall–Kier alpha value is -2.04. The number of rotatable bonds is 1. The van der Waals surface area contributed by atoms with E-state index in [2.05, 4.69) is 4.98 Å². The highest BCUT2D eigenvalue weighted by molar-refractivity contribution is 5.56. The van der Waals surface area contributed by atoms with Gasteiger partial charge in [-0.2, -0.15) is 4.39 Å². The maximum atomic E-state index is 13.4. The van der Waals surface area contributed by atoms with Gasteiger partial charge in [0.15, 0.2) is 0 Å². The molecule has 1 aromatic heterocycles. The number of halogens is 2. The second-order valence-corrected chi connectivity index (χ2v) is 3.29. The molecule has 0 aliphatic heterocycles. The van der Waals surface area contributed by atoms with Crippen LogP contribution < -0.4 is 4.73 Å². The van der Waals surface area contributed by atoms with Crippen molar-refractivity contribution in [2.24, 2.45) is 0 Å². The molecule has 0 amide bonds. The largest absolute Gasteiger partial charge is 0.710 e. The van der Waals surface area contributed by atoms with Crippen molar-refractivity contribution in [2.45, 2.75) is 6.92 Å². The van der Waals surface area contributed by atoms with Crippen molar-refractivity contribution < 1.29 is 13.5 Å². The van der Waals surface area contributed by atoms with E-state index in [-0.39, 0.29) is 17.1 Å². The predicted octanol–water partition coefficient (Wildman–Crippen LogP) is 1.97. The monoisotopic (exact) mass is 222 g/mol. The minimum atomic E-state index is -0.803. The molecule has 0 fully saturated rings. The molecule has 0 atom stereocenters. The van der Waals surface area contributed by atoms with Crippen molar-refractivity contribution >= 4 is 0 Å². The molecule has 0 aliphatic rings. The third kappa shape index (κ3) is 1.71. The summed E-state index contributed by atoms with van der Waals surface area (Å²) in [5.41, 5.74) is -0.0231. The van der Waals surface area contributed by atoms with E-state index < -0.39 is 11.8 Å². The first kappa shape index (κ1) is 10.5. The van der Waals surface area contributed by atoms with Crippen LogP contribution in [-0.4, -0.2) is 4.98 Å². The lowest BCUT2D eigenvalue weighted by molar-refractivity contribution is -0.604. The number of nitrogens with zero attached hydrogens (tertiary/aromatic N) is 2. The summed E-state index contributed by atoms with van der Waals surface area (Å²) in [6.07, 6.45) is 0. The first-order chi connectivity index (χ1) is 7.59. The average molecular weight is 222 g/mol. The molecule has 2 rings (SSSR count). The second-order valence-electron chi connectivity index (χ2n) is 3.29. The van der Waals surface area contributed by atoms with Gasteiger partial charge in [0.25, 0.3) is 0 Å². The smallest absolute Gasteiger partial charge is 0.325 e. The van der Waals surface area contributed by atoms with Crippen molar-refractivity contribution in [3.63, 3.8) is 0 Å². The number of aromatic nitrogens is 2. The SMILES string of the molecule is Cc1nc(F)cc(-c2ccccc2F)[n+]1[O-]. The molecular formula is C11H8F2N2O. The first-order valence-electron chi connectivity index (χ1n) is 4.61. The fraction of sp³-hybridized carbons (Fsp3) is 0.0909. The summed E-state index contributed by atoms with van der Waals surface area (Å²) >= 11 is 0. The van der Waals surface area contributed by atoms with E-state index in [1.807, 2.05) is 0 Å². The van der Waals surface area contributed by atoms with Gasteiger partial charge in [-0.25, -0.2) is 9.12 Å². The fourth-order valence-corrected chi connectivity index (χ4v) is 1.43. The van der Waals surface area contributed by atoms with Crippen LogP contribution in [0.3, 0.4) is 0 Å². The highest BCUT2D eigenvalue weighted by atomic mass is 19.1. The molecule has 1 aromatic carbocycles. The minimum Gasteiger partial charge on any atom is -0.710 e. The van der Waals surface area contributed by atoms with Crippen LogP contribution >= 0.6 is 0 Å². The van der Waals surface area contributed by atoms with E-state index in [0.717, 1.165) is 6.07 Å². The highest BCUT2D eigenvalue weighted by Gasteiger charge is 2.16. The highest BCUT2D eigenvalue weighted by Crippen LogP contribution is 2.19. The second kappa shape index (κ2) is 3.84. The predicted molar refractivity (Wildman–Crippen MR) is 53.3 cm³/mol. The van der Waals surface area contributed by atoms with E-state index in [1.54, 1.807) is 6.07 Å². The zero-order valence-electron chi connectivity index (χ0n) is 8.45. The third-order valence-electron chi connectivity index (χ3n) is 2.19. The van der Waals surface area contributed by atoms with Crippen molar-refractivity contribution in [3.8, 4) is 11.3 Å². The molecule has 0 aliphatic carbocycles. The Labute approximate surface area is 90.6 Å². The van der Waals surface area contributed by atoms with Crippen molar-refractivity contribution in [1.29, 1.82) is 0 Å². The Balaban J connectivity index is 2.69. The summed E-state index contributed by atoms with van der Waals surface area (Å²) < 4.78 is 26.9. The molecule has 3 nitrogen and oxygen atoms in total. The van der Waals surface area contributed by atoms with Gasteiger partial charge in [-0.3, -0.25) is 0 Å². The normalized spacial score (nSPS) is 10.4. The summed E-state index contributed by atoms with van der Waals surface area (Å²) in [6, 6.07) is 6.61. The molecule has 0 spiro atoms. The first-order valence-corrected chi connectivity index (χ1v) is 4.61. The topological polar surface area (TPSA) is 39.8 Å². The summed E-state index contributed by atoms with van der Waals surface area (Å²) in [7, 11) is 0. The number of aryl methyl sites for hydroxylation is 1. The Bertz CT molecular complexity index is 544. The molecule has 16 heavy (non-hydrogen) atoms. The molecule has 82 valence electrons. The zero-order chi connectivity index (χ0) is 11.7. The Morgan fingerprint density at radius 3 is 2.62 bits per heavy atom. The standard InChI is InChI=1S/C11H8F2N2O/c1-7-14-11(13)6-10(15(7)16)8-4-2-3-5-9(8)12/h2-6H,1H3. The van der Waals surface area contributed by atoms with E-state index in [1.165, 1.54) is 25.1 Å². The molecule has 1 heterocycles. The van der Waals surface area contributed by atoms with Crippen LogP contribution in [0.15, 0.2) is 30.3 Å². The molecule has 0 N–H and O–H groups in total. The van der Waals surface area contributed by atoms with E-state index in [9.17, 15) is 14.0 Å². The van der Waals surface area contributed by atoms with Crippen molar-refractivity contribution in [2.75, 3.05) is 0 Å². The van der Waals surface area contributed by atoms with Crippen LogP contribution in [-0.2, 0) is 0 Å². The van der Waals surface area contributed by atoms with Crippen LogP contribution in [0.4, 0.5) is 8.78 Å². The van der Waals surface area contributed by atoms with Crippen LogP contribution in [0.25, 0.3) is 11.3 Å². The van der Waals surface area contributed by atoms with Gasteiger partial charge in [-0.05, 0) is 17.1 Å². The zero-order valence-corrected chi connectivity index (χ0v) is 8.45. The lowest BCUT2D eigenvalue weighted by Gasteiger charge is -2.10. The van der Waals surface area contributed by atoms with Crippen LogP contribution in [0.1, 0.15) is 5.82 Å². The molecule has 2 aromatic rings. The van der Waals surface area contributed by atoms with Crippen LogP contribution in [0.5, 0.6) is 0 Å². The van der Waals surface area contributed by atoms with Crippen LogP contribution in [0.2, 0.25) is 0 Å². The molecule has 0 saturated carbocycles. The summed E-state index contributed by atoms with van der Waals surface area (Å²) in [5.74, 6) is -1.43. The van der Waals surface area contributed by atoms with Crippen LogP contribution in [0, 0.1) is 23.9 Å². The third-order valence-corrected chi connectivity index (χ3v) is 2.19. The lowest BCUT2D eigenvalue weighted by Crippen LogP contribution is -2.34. The van der Waals surface area contributed by atoms with Crippen molar-refractivity contribution in [3.05, 3.63) is 53.1 Å². The van der Waals surface area contributed by atoms with E-state index in [4.69, 9.17) is 0 Å². The Morgan fingerprint density at radius 2 is 1.94 bits per heavy atom. The molecule has 0 bridgehead atoms. The molecule has 0 unspecified atom stereocenters. The van der Waals surface area contributed by atoms with E-state index >= 15 is 0 Å². The lowest BCUT2D eigenvalue weighted by atomic mass is 10.1. The van der Waals surface area contributed by atoms with Gasteiger partial charge in [-0.1, -0.05) is 12.1 Å². The molecule has 5 heteroatoms. The maximum absolute atomic E-state index is 13.4. The fourth-order valence-electron chi connectivity index (χ4n) is 1.43. The Morgan fingerprint density at radius 1 is 1.25 bits per heavy atom. The Kier molecular flexibility index (Phi) is 2.52. The summed E-state index contributed by atoms with van der Waals surface area (Å²) in [6.45, 7) is 1.36. The molecule has 0 saturated heterocycles. The van der Waals surface area contributed by atoms with Gasteiger partial charge >= 0.3 is 11.8 Å². The number of hydrogen-bond acceptors (Lipinski definition) is 2. The summed E-state index contributed by atoms with van der Waals surface area (Å²) in [5, 5.41) is 11.6. The van der Waals surface area contributed by atoms with Gasteiger partial charge in [0.05, 0.1) is 11.6 Å². The average Bonchev–Trinajstić information content (AvgIpc) is 2.24. The number of hydrogen-bond donors (Lipinski definition) is 0. The minimum absolute atomic E-state index is 0.0572. The summed E-state index contributed by atoms with van der Waals surface area (Å²) in [4.78, 5) is 3.35. The number of benzene rings is 1. The molecule has 0 radical (unpaired) electrons. The maximum Gasteiger partial charge on any atom is 0.325 e. The van der Waals surface area contributed by atoms with E-state index in [0.29, 0.717) is 4.73 Å². The van der Waals surface area contributed by atoms with Gasteiger partial charge in [-0.15, -0.1) is 0 Å². The quantitative estimate of drug-likeness (QED) is 0.420. The van der Waals surface area contributed by atoms with Gasteiger partial charge in [0.1, 0.15) is 11.5 Å². The van der Waals surface area contributed by atoms with Gasteiger partial charge < -0.3 is 5.21 Å².